The number of aliphatic carboxylic acids is 1. The van der Waals surface area contributed by atoms with Crippen molar-refractivity contribution in [2.75, 3.05) is 12.5 Å². The minimum Gasteiger partial charge on any atom is -0.480 e. The molecule has 0 fully saturated rings. The minimum atomic E-state index is -1.13. The smallest absolute Gasteiger partial charge is 0.411 e. The van der Waals surface area contributed by atoms with Crippen molar-refractivity contribution in [1.82, 2.24) is 4.90 Å². The second-order valence-electron chi connectivity index (χ2n) is 3.69. The largest absolute Gasteiger partial charge is 0.480 e. The van der Waals surface area contributed by atoms with Crippen molar-refractivity contribution in [3.05, 3.63) is 0 Å². The van der Waals surface area contributed by atoms with Gasteiger partial charge in [0, 0.05) is 0 Å². The first kappa shape index (κ1) is 13.0. The van der Waals surface area contributed by atoms with Gasteiger partial charge in [-0.05, 0) is 20.8 Å². The summed E-state index contributed by atoms with van der Waals surface area (Å²) in [4.78, 5) is 22.5. The van der Waals surface area contributed by atoms with Crippen molar-refractivity contribution in [2.24, 2.45) is 0 Å². The molecule has 0 aromatic rings. The molecule has 0 radical (unpaired) electrons. The molecule has 14 heavy (non-hydrogen) atoms. The highest BCUT2D eigenvalue weighted by molar-refractivity contribution is 6.18. The quantitative estimate of drug-likeness (QED) is 0.582. The molecular formula is C8H14ClNO4. The summed E-state index contributed by atoms with van der Waals surface area (Å²) in [6.07, 6.45) is -0.727. The zero-order valence-electron chi connectivity index (χ0n) is 8.41. The van der Waals surface area contributed by atoms with E-state index in [1.165, 1.54) is 0 Å². The van der Waals surface area contributed by atoms with Crippen molar-refractivity contribution >= 4 is 23.7 Å². The Labute approximate surface area is 87.6 Å². The number of amides is 1. The van der Waals surface area contributed by atoms with Gasteiger partial charge in [-0.3, -0.25) is 9.69 Å². The zero-order chi connectivity index (χ0) is 11.4. The Morgan fingerprint density at radius 3 is 2.21 bits per heavy atom. The van der Waals surface area contributed by atoms with Crippen LogP contribution in [0.15, 0.2) is 0 Å². The molecule has 0 spiro atoms. The summed E-state index contributed by atoms with van der Waals surface area (Å²) >= 11 is 5.40. The average molecular weight is 224 g/mol. The summed E-state index contributed by atoms with van der Waals surface area (Å²) in [5, 5.41) is 8.45. The predicted molar refractivity (Wildman–Crippen MR) is 51.3 cm³/mol. The molecule has 1 amide bonds. The molecule has 0 aromatic carbocycles. The summed E-state index contributed by atoms with van der Waals surface area (Å²) in [6, 6.07) is -0.207. The van der Waals surface area contributed by atoms with E-state index in [0.29, 0.717) is 0 Å². The number of carbonyl (C=O) groups is 2. The van der Waals surface area contributed by atoms with Crippen molar-refractivity contribution in [1.29, 1.82) is 0 Å². The van der Waals surface area contributed by atoms with Crippen LogP contribution in [-0.2, 0) is 9.53 Å². The number of alkyl halides is 1. The molecule has 0 bridgehead atoms. The van der Waals surface area contributed by atoms with Gasteiger partial charge in [0.1, 0.15) is 12.1 Å². The van der Waals surface area contributed by atoms with Crippen molar-refractivity contribution < 1.29 is 19.4 Å². The first-order valence-electron chi connectivity index (χ1n) is 4.02. The molecule has 82 valence electrons. The number of hydrogen-bond acceptors (Lipinski definition) is 3. The van der Waals surface area contributed by atoms with Crippen molar-refractivity contribution in [3.8, 4) is 0 Å². The van der Waals surface area contributed by atoms with E-state index in [1.807, 2.05) is 0 Å². The standard InChI is InChI=1S/C8H14ClNO4/c1-8(2,3)14-7(13)10(5-9)4-6(11)12/h4-5H2,1-3H3,(H,11,12). The topological polar surface area (TPSA) is 66.8 Å². The van der Waals surface area contributed by atoms with Crippen molar-refractivity contribution in [3.63, 3.8) is 0 Å². The Morgan fingerprint density at radius 1 is 1.43 bits per heavy atom. The molecule has 0 unspecified atom stereocenters. The Balaban J connectivity index is 4.25. The third-order valence-corrected chi connectivity index (χ3v) is 1.41. The predicted octanol–water partition coefficient (Wildman–Crippen LogP) is 1.50. The van der Waals surface area contributed by atoms with E-state index in [4.69, 9.17) is 21.4 Å². The third kappa shape index (κ3) is 5.64. The number of carboxylic acids is 1. The number of halogens is 1. The van der Waals surface area contributed by atoms with Crippen LogP contribution in [0.4, 0.5) is 4.79 Å². The normalized spacial score (nSPS) is 10.9. The van der Waals surface area contributed by atoms with E-state index in [1.54, 1.807) is 20.8 Å². The van der Waals surface area contributed by atoms with Gasteiger partial charge >= 0.3 is 12.1 Å². The molecule has 0 aliphatic heterocycles. The van der Waals surface area contributed by atoms with Crippen LogP contribution in [0.25, 0.3) is 0 Å². The van der Waals surface area contributed by atoms with Crippen LogP contribution in [0.5, 0.6) is 0 Å². The van der Waals surface area contributed by atoms with Gasteiger partial charge in [0.15, 0.2) is 0 Å². The van der Waals surface area contributed by atoms with Crippen LogP contribution in [0.1, 0.15) is 20.8 Å². The number of hydrogen-bond donors (Lipinski definition) is 1. The second kappa shape index (κ2) is 5.05. The summed E-state index contributed by atoms with van der Waals surface area (Å²) < 4.78 is 4.93. The van der Waals surface area contributed by atoms with Crippen LogP contribution >= 0.6 is 11.6 Å². The van der Waals surface area contributed by atoms with Crippen LogP contribution in [0.3, 0.4) is 0 Å². The van der Waals surface area contributed by atoms with Crippen LogP contribution in [0.2, 0.25) is 0 Å². The Bertz CT molecular complexity index is 224. The molecule has 6 heteroatoms. The third-order valence-electron chi connectivity index (χ3n) is 1.12. The van der Waals surface area contributed by atoms with Gasteiger partial charge in [-0.15, -0.1) is 11.6 Å². The highest BCUT2D eigenvalue weighted by atomic mass is 35.5. The van der Waals surface area contributed by atoms with Crippen LogP contribution in [-0.4, -0.2) is 40.2 Å². The lowest BCUT2D eigenvalue weighted by molar-refractivity contribution is -0.138. The molecule has 0 aliphatic rings. The average Bonchev–Trinajstić information content (AvgIpc) is 1.96. The van der Waals surface area contributed by atoms with Gasteiger partial charge < -0.3 is 9.84 Å². The number of nitrogens with zero attached hydrogens (tertiary/aromatic N) is 1. The fraction of sp³-hybridized carbons (Fsp3) is 0.750. The number of rotatable bonds is 3. The van der Waals surface area contributed by atoms with Gasteiger partial charge in [0.2, 0.25) is 0 Å². The monoisotopic (exact) mass is 223 g/mol. The molecule has 5 nitrogen and oxygen atoms in total. The zero-order valence-corrected chi connectivity index (χ0v) is 9.17. The Morgan fingerprint density at radius 2 is 1.93 bits per heavy atom. The van der Waals surface area contributed by atoms with Crippen LogP contribution < -0.4 is 0 Å². The summed E-state index contributed by atoms with van der Waals surface area (Å²) in [5.41, 5.74) is -0.653. The lowest BCUT2D eigenvalue weighted by Crippen LogP contribution is -2.39. The van der Waals surface area contributed by atoms with E-state index >= 15 is 0 Å². The fourth-order valence-corrected chi connectivity index (χ4v) is 0.827. The first-order chi connectivity index (χ1) is 6.26. The minimum absolute atomic E-state index is 0.207. The van der Waals surface area contributed by atoms with E-state index in [2.05, 4.69) is 0 Å². The molecule has 0 saturated carbocycles. The maximum absolute atomic E-state index is 11.3. The van der Waals surface area contributed by atoms with Crippen LogP contribution in [0, 0.1) is 0 Å². The Kier molecular flexibility index (Phi) is 4.70. The van der Waals surface area contributed by atoms with E-state index in [0.717, 1.165) is 4.90 Å². The highest BCUT2D eigenvalue weighted by Gasteiger charge is 2.22. The van der Waals surface area contributed by atoms with Gasteiger partial charge in [-0.25, -0.2) is 4.79 Å². The number of ether oxygens (including phenoxy) is 1. The van der Waals surface area contributed by atoms with Gasteiger partial charge in [0.05, 0.1) is 6.00 Å². The maximum Gasteiger partial charge on any atom is 0.411 e. The maximum atomic E-state index is 11.3. The number of carboxylic acid groups (broad SMARTS) is 1. The SMILES string of the molecule is CC(C)(C)OC(=O)N(CCl)CC(=O)O. The van der Waals surface area contributed by atoms with Crippen molar-refractivity contribution in [2.45, 2.75) is 26.4 Å². The van der Waals surface area contributed by atoms with E-state index < -0.39 is 24.2 Å². The van der Waals surface area contributed by atoms with E-state index in [-0.39, 0.29) is 6.00 Å². The van der Waals surface area contributed by atoms with Gasteiger partial charge in [0.25, 0.3) is 0 Å². The Hall–Kier alpha value is -0.970. The molecule has 0 rings (SSSR count). The summed E-state index contributed by atoms with van der Waals surface area (Å²) in [7, 11) is 0. The lowest BCUT2D eigenvalue weighted by Gasteiger charge is -2.24. The molecule has 0 aliphatic carbocycles. The lowest BCUT2D eigenvalue weighted by atomic mass is 10.2. The number of carbonyl (C=O) groups excluding carboxylic acids is 1. The molecule has 0 heterocycles. The molecule has 1 N–H and O–H groups in total. The first-order valence-corrected chi connectivity index (χ1v) is 4.55. The second-order valence-corrected chi connectivity index (χ2v) is 3.93. The summed E-state index contributed by atoms with van der Waals surface area (Å²) in [6.45, 7) is 4.62. The van der Waals surface area contributed by atoms with E-state index in [9.17, 15) is 9.59 Å². The highest BCUT2D eigenvalue weighted by Crippen LogP contribution is 2.10. The van der Waals surface area contributed by atoms with Gasteiger partial charge in [-0.1, -0.05) is 0 Å². The fourth-order valence-electron chi connectivity index (χ4n) is 0.645. The molecule has 0 atom stereocenters. The molecular weight excluding hydrogens is 210 g/mol. The van der Waals surface area contributed by atoms with Gasteiger partial charge in [-0.2, -0.15) is 0 Å². The molecule has 0 aromatic heterocycles. The molecule has 0 saturated heterocycles. The summed E-state index contributed by atoms with van der Waals surface area (Å²) in [5.74, 6) is -1.13.